The fourth-order valence-corrected chi connectivity index (χ4v) is 4.31. The zero-order valence-corrected chi connectivity index (χ0v) is 14.6. The Morgan fingerprint density at radius 2 is 1.75 bits per heavy atom. The molecule has 24 heavy (non-hydrogen) atoms. The molecule has 0 aliphatic carbocycles. The third-order valence-corrected chi connectivity index (χ3v) is 6.13. The average molecular weight is 346 g/mol. The van der Waals surface area contributed by atoms with Gasteiger partial charge in [0.1, 0.15) is 0 Å². The summed E-state index contributed by atoms with van der Waals surface area (Å²) in [6, 6.07) is 11.0. The maximum absolute atomic E-state index is 12.8. The SMILES string of the molecule is CCCc1ccc(S(=O)(=O)N2CCN(c3cccnn3)CC2)cc1. The number of anilines is 1. The van der Waals surface area contributed by atoms with Crippen LogP contribution in [0.4, 0.5) is 5.82 Å². The van der Waals surface area contributed by atoms with Crippen molar-refractivity contribution < 1.29 is 8.42 Å². The van der Waals surface area contributed by atoms with Crippen LogP contribution in [0.2, 0.25) is 0 Å². The molecule has 128 valence electrons. The summed E-state index contributed by atoms with van der Waals surface area (Å²) < 4.78 is 27.1. The van der Waals surface area contributed by atoms with Crippen LogP contribution in [0.5, 0.6) is 0 Å². The second-order valence-electron chi connectivity index (χ2n) is 5.87. The number of nitrogens with zero attached hydrogens (tertiary/aromatic N) is 4. The number of sulfonamides is 1. The van der Waals surface area contributed by atoms with E-state index < -0.39 is 10.0 Å². The molecule has 2 aromatic rings. The molecule has 1 fully saturated rings. The van der Waals surface area contributed by atoms with Gasteiger partial charge in [0.05, 0.1) is 4.90 Å². The van der Waals surface area contributed by atoms with Gasteiger partial charge in [-0.3, -0.25) is 0 Å². The van der Waals surface area contributed by atoms with Crippen molar-refractivity contribution in [2.24, 2.45) is 0 Å². The summed E-state index contributed by atoms with van der Waals surface area (Å²) in [5.41, 5.74) is 1.17. The molecule has 0 bridgehead atoms. The third kappa shape index (κ3) is 3.57. The van der Waals surface area contributed by atoms with Crippen LogP contribution in [0.1, 0.15) is 18.9 Å². The van der Waals surface area contributed by atoms with E-state index in [9.17, 15) is 8.42 Å². The molecule has 0 saturated carbocycles. The summed E-state index contributed by atoms with van der Waals surface area (Å²) in [7, 11) is -3.43. The molecule has 0 atom stereocenters. The fraction of sp³-hybridized carbons (Fsp3) is 0.412. The van der Waals surface area contributed by atoms with E-state index in [0.717, 1.165) is 18.7 Å². The number of rotatable bonds is 5. The molecular weight excluding hydrogens is 324 g/mol. The normalized spacial score (nSPS) is 16.3. The molecule has 0 N–H and O–H groups in total. The molecule has 2 heterocycles. The van der Waals surface area contributed by atoms with Crippen LogP contribution in [-0.4, -0.2) is 49.1 Å². The van der Waals surface area contributed by atoms with Gasteiger partial charge in [-0.1, -0.05) is 25.5 Å². The van der Waals surface area contributed by atoms with Gasteiger partial charge in [-0.05, 0) is 36.2 Å². The first-order valence-corrected chi connectivity index (χ1v) is 9.67. The zero-order chi connectivity index (χ0) is 17.0. The largest absolute Gasteiger partial charge is 0.352 e. The molecule has 1 aliphatic heterocycles. The Bertz CT molecular complexity index is 755. The Kier molecular flexibility index (Phi) is 5.11. The highest BCUT2D eigenvalue weighted by atomic mass is 32.2. The van der Waals surface area contributed by atoms with Crippen molar-refractivity contribution in [1.82, 2.24) is 14.5 Å². The van der Waals surface area contributed by atoms with E-state index in [2.05, 4.69) is 22.0 Å². The van der Waals surface area contributed by atoms with E-state index in [4.69, 9.17) is 0 Å². The molecule has 7 heteroatoms. The molecule has 3 rings (SSSR count). The Hall–Kier alpha value is -1.99. The summed E-state index contributed by atoms with van der Waals surface area (Å²) in [5.74, 6) is 0.790. The lowest BCUT2D eigenvalue weighted by Crippen LogP contribution is -2.48. The predicted molar refractivity (Wildman–Crippen MR) is 93.4 cm³/mol. The minimum Gasteiger partial charge on any atom is -0.352 e. The number of aryl methyl sites for hydroxylation is 1. The van der Waals surface area contributed by atoms with Crippen LogP contribution in [0, 0.1) is 0 Å². The molecule has 1 saturated heterocycles. The summed E-state index contributed by atoms with van der Waals surface area (Å²) in [5, 5.41) is 7.96. The van der Waals surface area contributed by atoms with Gasteiger partial charge in [0.15, 0.2) is 5.82 Å². The van der Waals surface area contributed by atoms with Crippen molar-refractivity contribution in [2.75, 3.05) is 31.1 Å². The van der Waals surface area contributed by atoms with Gasteiger partial charge in [-0.15, -0.1) is 5.10 Å². The highest BCUT2D eigenvalue weighted by Crippen LogP contribution is 2.20. The lowest BCUT2D eigenvalue weighted by atomic mass is 10.1. The third-order valence-electron chi connectivity index (χ3n) is 4.22. The quantitative estimate of drug-likeness (QED) is 0.828. The number of piperazine rings is 1. The monoisotopic (exact) mass is 346 g/mol. The van der Waals surface area contributed by atoms with E-state index in [1.165, 1.54) is 5.56 Å². The van der Waals surface area contributed by atoms with Crippen molar-refractivity contribution in [1.29, 1.82) is 0 Å². The fourth-order valence-electron chi connectivity index (χ4n) is 2.89. The summed E-state index contributed by atoms with van der Waals surface area (Å²) in [6.07, 6.45) is 3.65. The summed E-state index contributed by atoms with van der Waals surface area (Å²) in [6.45, 7) is 4.25. The van der Waals surface area contributed by atoms with Crippen LogP contribution < -0.4 is 4.90 Å². The number of hydrogen-bond donors (Lipinski definition) is 0. The Balaban J connectivity index is 1.68. The van der Waals surface area contributed by atoms with Gasteiger partial charge >= 0.3 is 0 Å². The molecule has 6 nitrogen and oxygen atoms in total. The van der Waals surface area contributed by atoms with E-state index in [0.29, 0.717) is 31.1 Å². The van der Waals surface area contributed by atoms with Crippen molar-refractivity contribution in [3.8, 4) is 0 Å². The second-order valence-corrected chi connectivity index (χ2v) is 7.80. The molecular formula is C17H22N4O2S. The summed E-state index contributed by atoms with van der Waals surface area (Å²) in [4.78, 5) is 2.43. The van der Waals surface area contributed by atoms with Crippen molar-refractivity contribution >= 4 is 15.8 Å². The van der Waals surface area contributed by atoms with Crippen molar-refractivity contribution in [2.45, 2.75) is 24.7 Å². The van der Waals surface area contributed by atoms with E-state index in [1.807, 2.05) is 24.3 Å². The molecule has 0 radical (unpaired) electrons. The highest BCUT2D eigenvalue weighted by Gasteiger charge is 2.28. The highest BCUT2D eigenvalue weighted by molar-refractivity contribution is 7.89. The second kappa shape index (κ2) is 7.27. The van der Waals surface area contributed by atoms with E-state index in [-0.39, 0.29) is 0 Å². The molecule has 1 aliphatic rings. The lowest BCUT2D eigenvalue weighted by Gasteiger charge is -2.34. The van der Waals surface area contributed by atoms with Gasteiger partial charge in [-0.2, -0.15) is 9.40 Å². The maximum Gasteiger partial charge on any atom is 0.243 e. The average Bonchev–Trinajstić information content (AvgIpc) is 2.63. The smallest absolute Gasteiger partial charge is 0.243 e. The molecule has 0 unspecified atom stereocenters. The van der Waals surface area contributed by atoms with Gasteiger partial charge in [0, 0.05) is 32.4 Å². The first kappa shape index (κ1) is 16.9. The van der Waals surface area contributed by atoms with Crippen molar-refractivity contribution in [3.63, 3.8) is 0 Å². The van der Waals surface area contributed by atoms with Crippen molar-refractivity contribution in [3.05, 3.63) is 48.2 Å². The topological polar surface area (TPSA) is 66.4 Å². The molecule has 1 aromatic heterocycles. The lowest BCUT2D eigenvalue weighted by molar-refractivity contribution is 0.383. The van der Waals surface area contributed by atoms with Gasteiger partial charge in [0.25, 0.3) is 0 Å². The standard InChI is InChI=1S/C17H22N4O2S/c1-2-4-15-6-8-16(9-7-15)24(22,23)21-13-11-20(12-14-21)17-5-3-10-18-19-17/h3,5-10H,2,4,11-14H2,1H3. The van der Waals surface area contributed by atoms with Gasteiger partial charge < -0.3 is 4.90 Å². The van der Waals surface area contributed by atoms with Gasteiger partial charge in [-0.25, -0.2) is 8.42 Å². The predicted octanol–water partition coefficient (Wildman–Crippen LogP) is 1.94. The number of hydrogen-bond acceptors (Lipinski definition) is 5. The molecule has 0 amide bonds. The van der Waals surface area contributed by atoms with Gasteiger partial charge in [0.2, 0.25) is 10.0 Å². The van der Waals surface area contributed by atoms with E-state index >= 15 is 0 Å². The van der Waals surface area contributed by atoms with Crippen LogP contribution in [0.25, 0.3) is 0 Å². The number of benzene rings is 1. The Labute approximate surface area is 143 Å². The van der Waals surface area contributed by atoms with Crippen LogP contribution in [0.3, 0.4) is 0 Å². The molecule has 1 aromatic carbocycles. The van der Waals surface area contributed by atoms with E-state index in [1.54, 1.807) is 22.6 Å². The Morgan fingerprint density at radius 3 is 2.33 bits per heavy atom. The van der Waals surface area contributed by atoms with Crippen LogP contribution in [-0.2, 0) is 16.4 Å². The Morgan fingerprint density at radius 1 is 1.04 bits per heavy atom. The minimum absolute atomic E-state index is 0.371. The van der Waals surface area contributed by atoms with Crippen LogP contribution >= 0.6 is 0 Å². The summed E-state index contributed by atoms with van der Waals surface area (Å²) >= 11 is 0. The first-order valence-electron chi connectivity index (χ1n) is 8.23. The van der Waals surface area contributed by atoms with Crippen LogP contribution in [0.15, 0.2) is 47.5 Å². The molecule has 0 spiro atoms. The first-order chi connectivity index (χ1) is 11.6. The minimum atomic E-state index is -3.43. The maximum atomic E-state index is 12.8. The number of aromatic nitrogens is 2. The zero-order valence-electron chi connectivity index (χ0n) is 13.8.